The van der Waals surface area contributed by atoms with Gasteiger partial charge in [0, 0.05) is 45.2 Å². The Labute approximate surface area is 126 Å². The van der Waals surface area contributed by atoms with E-state index in [0.717, 1.165) is 39.4 Å². The summed E-state index contributed by atoms with van der Waals surface area (Å²) in [5, 5.41) is 6.03. The Morgan fingerprint density at radius 3 is 2.67 bits per heavy atom. The molecule has 21 heavy (non-hydrogen) atoms. The average molecular weight is 319 g/mol. The highest BCUT2D eigenvalue weighted by molar-refractivity contribution is 7.91. The van der Waals surface area contributed by atoms with Gasteiger partial charge in [-0.3, -0.25) is 9.69 Å². The van der Waals surface area contributed by atoms with E-state index in [9.17, 15) is 13.2 Å². The summed E-state index contributed by atoms with van der Waals surface area (Å²) in [6.07, 6.45) is 0.929. The third-order valence-corrected chi connectivity index (χ3v) is 5.60. The predicted octanol–water partition coefficient (Wildman–Crippen LogP) is -1.40. The zero-order valence-electron chi connectivity index (χ0n) is 12.3. The van der Waals surface area contributed by atoms with Crippen molar-refractivity contribution in [2.75, 3.05) is 57.4 Å². The van der Waals surface area contributed by atoms with Crippen LogP contribution in [0.3, 0.4) is 0 Å². The van der Waals surface area contributed by atoms with Gasteiger partial charge >= 0.3 is 0 Å². The maximum Gasteiger partial charge on any atom is 0.221 e. The van der Waals surface area contributed by atoms with Gasteiger partial charge in [0.25, 0.3) is 0 Å². The first-order valence-corrected chi connectivity index (χ1v) is 9.38. The largest absolute Gasteiger partial charge is 0.379 e. The summed E-state index contributed by atoms with van der Waals surface area (Å²) in [6.45, 7) is 5.97. The number of nitrogens with zero attached hydrogens (tertiary/aromatic N) is 1. The molecule has 2 N–H and O–H groups in total. The van der Waals surface area contributed by atoms with Crippen LogP contribution in [0.1, 0.15) is 12.8 Å². The molecule has 0 radical (unpaired) electrons. The van der Waals surface area contributed by atoms with Gasteiger partial charge in [-0.25, -0.2) is 8.42 Å². The van der Waals surface area contributed by atoms with E-state index >= 15 is 0 Å². The van der Waals surface area contributed by atoms with Crippen LogP contribution in [0.2, 0.25) is 0 Å². The first-order valence-electron chi connectivity index (χ1n) is 7.56. The highest BCUT2D eigenvalue weighted by Gasteiger charge is 2.28. The normalized spacial score (nSPS) is 25.8. The summed E-state index contributed by atoms with van der Waals surface area (Å²) >= 11 is 0. The van der Waals surface area contributed by atoms with E-state index < -0.39 is 9.84 Å². The maximum absolute atomic E-state index is 11.7. The molecule has 2 aliphatic rings. The molecule has 0 aliphatic carbocycles. The number of carbonyl (C=O) groups excluding carboxylic acids is 1. The Bertz CT molecular complexity index is 435. The molecule has 0 aromatic carbocycles. The van der Waals surface area contributed by atoms with Crippen LogP contribution >= 0.6 is 0 Å². The van der Waals surface area contributed by atoms with Gasteiger partial charge in [-0.2, -0.15) is 0 Å². The van der Waals surface area contributed by atoms with Gasteiger partial charge in [0.1, 0.15) is 0 Å². The first kappa shape index (κ1) is 16.7. The van der Waals surface area contributed by atoms with Crippen LogP contribution in [-0.4, -0.2) is 82.7 Å². The zero-order chi connectivity index (χ0) is 15.1. The Hall–Kier alpha value is -0.700. The van der Waals surface area contributed by atoms with Gasteiger partial charge in [-0.05, 0) is 6.42 Å². The lowest BCUT2D eigenvalue weighted by Gasteiger charge is -2.26. The molecule has 0 aromatic rings. The zero-order valence-corrected chi connectivity index (χ0v) is 13.2. The fraction of sp³-hybridized carbons (Fsp3) is 0.923. The summed E-state index contributed by atoms with van der Waals surface area (Å²) in [7, 11) is -2.93. The van der Waals surface area contributed by atoms with Gasteiger partial charge in [-0.15, -0.1) is 0 Å². The summed E-state index contributed by atoms with van der Waals surface area (Å²) in [6, 6.07) is -0.198. The van der Waals surface area contributed by atoms with Crippen molar-refractivity contribution in [1.29, 1.82) is 0 Å². The van der Waals surface area contributed by atoms with E-state index in [1.807, 2.05) is 0 Å². The fourth-order valence-corrected chi connectivity index (χ4v) is 4.27. The molecule has 0 bridgehead atoms. The van der Waals surface area contributed by atoms with Crippen LogP contribution in [-0.2, 0) is 19.4 Å². The molecule has 0 aromatic heterocycles. The van der Waals surface area contributed by atoms with E-state index in [1.165, 1.54) is 0 Å². The highest BCUT2D eigenvalue weighted by atomic mass is 32.2. The number of rotatable bonds is 7. The Kier molecular flexibility index (Phi) is 6.40. The minimum Gasteiger partial charge on any atom is -0.379 e. The monoisotopic (exact) mass is 319 g/mol. The van der Waals surface area contributed by atoms with Crippen LogP contribution in [0.25, 0.3) is 0 Å². The Morgan fingerprint density at radius 2 is 2.00 bits per heavy atom. The maximum atomic E-state index is 11.7. The summed E-state index contributed by atoms with van der Waals surface area (Å²) in [5.41, 5.74) is 0. The third-order valence-electron chi connectivity index (χ3n) is 3.83. The van der Waals surface area contributed by atoms with E-state index in [-0.39, 0.29) is 23.5 Å². The van der Waals surface area contributed by atoms with Gasteiger partial charge < -0.3 is 15.4 Å². The van der Waals surface area contributed by atoms with Crippen LogP contribution in [0.15, 0.2) is 0 Å². The van der Waals surface area contributed by atoms with Gasteiger partial charge in [-0.1, -0.05) is 0 Å². The van der Waals surface area contributed by atoms with Crippen LogP contribution < -0.4 is 10.6 Å². The number of amides is 1. The molecular weight excluding hydrogens is 294 g/mol. The molecule has 0 saturated carbocycles. The van der Waals surface area contributed by atoms with Crippen LogP contribution in [0.5, 0.6) is 0 Å². The minimum absolute atomic E-state index is 0.0732. The molecule has 2 saturated heterocycles. The molecular formula is C13H25N3O4S. The van der Waals surface area contributed by atoms with E-state index in [4.69, 9.17) is 4.74 Å². The lowest BCUT2D eigenvalue weighted by molar-refractivity contribution is -0.121. The average Bonchev–Trinajstić information content (AvgIpc) is 2.78. The molecule has 1 atom stereocenters. The second-order valence-electron chi connectivity index (χ2n) is 5.62. The second kappa shape index (κ2) is 8.07. The van der Waals surface area contributed by atoms with Crippen molar-refractivity contribution >= 4 is 15.7 Å². The number of hydrogen-bond donors (Lipinski definition) is 2. The topological polar surface area (TPSA) is 87.7 Å². The molecule has 2 fully saturated rings. The van der Waals surface area contributed by atoms with Gasteiger partial charge in [0.05, 0.1) is 24.7 Å². The van der Waals surface area contributed by atoms with Crippen molar-refractivity contribution in [2.24, 2.45) is 0 Å². The molecule has 8 heteroatoms. The van der Waals surface area contributed by atoms with E-state index in [0.29, 0.717) is 19.4 Å². The number of morpholine rings is 1. The lowest BCUT2D eigenvalue weighted by Crippen LogP contribution is -2.41. The number of carbonyl (C=O) groups is 1. The molecule has 1 amide bonds. The smallest absolute Gasteiger partial charge is 0.221 e. The number of nitrogens with one attached hydrogen (secondary N) is 2. The fourth-order valence-electron chi connectivity index (χ4n) is 2.60. The van der Waals surface area contributed by atoms with E-state index in [2.05, 4.69) is 15.5 Å². The molecule has 2 aliphatic heterocycles. The molecule has 0 spiro atoms. The number of hydrogen-bond acceptors (Lipinski definition) is 6. The van der Waals surface area contributed by atoms with Crippen molar-refractivity contribution in [3.05, 3.63) is 0 Å². The van der Waals surface area contributed by atoms with Crippen LogP contribution in [0.4, 0.5) is 0 Å². The van der Waals surface area contributed by atoms with Gasteiger partial charge in [0.15, 0.2) is 9.84 Å². The molecule has 2 rings (SSSR count). The standard InChI is InChI=1S/C13H25N3O4S/c17-13(15-12-2-10-21(18,19)11-12)1-3-14-4-5-16-6-8-20-9-7-16/h12,14H,1-11H2,(H,15,17). The lowest BCUT2D eigenvalue weighted by atomic mass is 10.2. The van der Waals surface area contributed by atoms with Crippen molar-refractivity contribution < 1.29 is 17.9 Å². The highest BCUT2D eigenvalue weighted by Crippen LogP contribution is 2.11. The second-order valence-corrected chi connectivity index (χ2v) is 7.85. The van der Waals surface area contributed by atoms with Gasteiger partial charge in [0.2, 0.25) is 5.91 Å². The summed E-state index contributed by atoms with van der Waals surface area (Å²) < 4.78 is 27.9. The molecule has 1 unspecified atom stereocenters. The third kappa shape index (κ3) is 6.29. The van der Waals surface area contributed by atoms with Crippen molar-refractivity contribution in [3.63, 3.8) is 0 Å². The predicted molar refractivity (Wildman–Crippen MR) is 79.9 cm³/mol. The number of ether oxygens (including phenoxy) is 1. The summed E-state index contributed by atoms with van der Waals surface area (Å²) in [5.74, 6) is 0.204. The Balaban J connectivity index is 1.49. The van der Waals surface area contributed by atoms with Crippen molar-refractivity contribution in [3.8, 4) is 0 Å². The first-order chi connectivity index (χ1) is 10.1. The quantitative estimate of drug-likeness (QED) is 0.561. The van der Waals surface area contributed by atoms with Crippen molar-refractivity contribution in [1.82, 2.24) is 15.5 Å². The summed E-state index contributed by atoms with van der Waals surface area (Å²) in [4.78, 5) is 14.0. The molecule has 7 nitrogen and oxygen atoms in total. The SMILES string of the molecule is O=C(CCNCCN1CCOCC1)NC1CCS(=O)(=O)C1. The molecule has 2 heterocycles. The van der Waals surface area contributed by atoms with Crippen LogP contribution in [0, 0.1) is 0 Å². The molecule has 122 valence electrons. The minimum atomic E-state index is -2.93. The van der Waals surface area contributed by atoms with E-state index in [1.54, 1.807) is 0 Å². The van der Waals surface area contributed by atoms with Crippen molar-refractivity contribution in [2.45, 2.75) is 18.9 Å². The number of sulfone groups is 1. The Morgan fingerprint density at radius 1 is 1.24 bits per heavy atom.